The first-order valence-electron chi connectivity index (χ1n) is 10.4. The van der Waals surface area contributed by atoms with Crippen LogP contribution >= 0.6 is 0 Å². The number of halogens is 1. The topological polar surface area (TPSA) is 67.9 Å². The van der Waals surface area contributed by atoms with Gasteiger partial charge in [-0.05, 0) is 42.2 Å². The summed E-state index contributed by atoms with van der Waals surface area (Å²) in [6.07, 6.45) is 0.436. The van der Waals surface area contributed by atoms with E-state index in [9.17, 15) is 14.0 Å². The Morgan fingerprint density at radius 3 is 2.29 bits per heavy atom. The molecule has 0 aliphatic carbocycles. The summed E-state index contributed by atoms with van der Waals surface area (Å²) in [6.45, 7) is 6.29. The molecule has 0 aliphatic heterocycles. The molecule has 0 spiro atoms. The van der Waals surface area contributed by atoms with E-state index in [1.807, 2.05) is 20.8 Å². The van der Waals surface area contributed by atoms with Gasteiger partial charge in [-0.2, -0.15) is 0 Å². The van der Waals surface area contributed by atoms with Crippen molar-refractivity contribution in [2.45, 2.75) is 39.8 Å². The van der Waals surface area contributed by atoms with Gasteiger partial charge in [0, 0.05) is 13.1 Å². The molecule has 2 amide bonds. The maximum Gasteiger partial charge on any atom is 0.261 e. The highest BCUT2D eigenvalue weighted by molar-refractivity contribution is 5.88. The van der Waals surface area contributed by atoms with Crippen molar-refractivity contribution in [1.82, 2.24) is 10.2 Å². The quantitative estimate of drug-likeness (QED) is 0.589. The van der Waals surface area contributed by atoms with Gasteiger partial charge in [-0.1, -0.05) is 45.0 Å². The minimum absolute atomic E-state index is 0.169. The first-order chi connectivity index (χ1) is 14.8. The fourth-order valence-corrected chi connectivity index (χ4v) is 3.09. The lowest BCUT2D eigenvalue weighted by Gasteiger charge is -2.31. The molecule has 0 saturated carbocycles. The molecule has 2 aromatic rings. The second-order valence-corrected chi connectivity index (χ2v) is 7.65. The van der Waals surface area contributed by atoms with Crippen LogP contribution in [0.2, 0.25) is 0 Å². The summed E-state index contributed by atoms with van der Waals surface area (Å²) in [6, 6.07) is 12.3. The molecule has 1 unspecified atom stereocenters. The standard InChI is InChI=1S/C24H31FN2O4/c1-5-20(24(29)26-14-17(2)3)27(15-18-10-12-19(25)13-11-18)23(28)16-31-22-9-7-6-8-21(22)30-4/h6-13,17,20H,5,14-16H2,1-4H3,(H,26,29). The molecule has 2 rings (SSSR count). The third-order valence-electron chi connectivity index (χ3n) is 4.76. The minimum Gasteiger partial charge on any atom is -0.493 e. The van der Waals surface area contributed by atoms with Gasteiger partial charge in [-0.3, -0.25) is 9.59 Å². The van der Waals surface area contributed by atoms with Gasteiger partial charge in [0.25, 0.3) is 5.91 Å². The number of benzene rings is 2. The molecule has 0 aliphatic rings. The van der Waals surface area contributed by atoms with Gasteiger partial charge in [0.15, 0.2) is 18.1 Å². The normalized spacial score (nSPS) is 11.7. The molecule has 0 saturated heterocycles. The second kappa shape index (κ2) is 11.9. The first kappa shape index (κ1) is 24.2. The molecule has 6 nitrogen and oxygen atoms in total. The number of hydrogen-bond acceptors (Lipinski definition) is 4. The van der Waals surface area contributed by atoms with Crippen LogP contribution < -0.4 is 14.8 Å². The highest BCUT2D eigenvalue weighted by Gasteiger charge is 2.29. The Balaban J connectivity index is 2.20. The lowest BCUT2D eigenvalue weighted by atomic mass is 10.1. The summed E-state index contributed by atoms with van der Waals surface area (Å²) in [5.74, 6) is 0.324. The maximum absolute atomic E-state index is 13.3. The number of amides is 2. The van der Waals surface area contributed by atoms with Crippen LogP contribution in [-0.4, -0.2) is 43.0 Å². The number of methoxy groups -OCH3 is 1. The van der Waals surface area contributed by atoms with Crippen LogP contribution in [0.25, 0.3) is 0 Å². The summed E-state index contributed by atoms with van der Waals surface area (Å²) in [4.78, 5) is 27.4. The Hall–Kier alpha value is -3.09. The number of nitrogens with zero attached hydrogens (tertiary/aromatic N) is 1. The van der Waals surface area contributed by atoms with Crippen molar-refractivity contribution in [2.75, 3.05) is 20.3 Å². The summed E-state index contributed by atoms with van der Waals surface area (Å²) in [5, 5.41) is 2.90. The van der Waals surface area contributed by atoms with Crippen molar-refractivity contribution in [3.05, 3.63) is 59.9 Å². The molecule has 2 aromatic carbocycles. The van der Waals surface area contributed by atoms with E-state index in [2.05, 4.69) is 5.32 Å². The molecule has 7 heteroatoms. The minimum atomic E-state index is -0.669. The number of nitrogens with one attached hydrogen (secondary N) is 1. The monoisotopic (exact) mass is 430 g/mol. The van der Waals surface area contributed by atoms with Gasteiger partial charge < -0.3 is 19.7 Å². The Labute approximate surface area is 183 Å². The van der Waals surface area contributed by atoms with Crippen molar-refractivity contribution in [2.24, 2.45) is 5.92 Å². The lowest BCUT2D eigenvalue weighted by Crippen LogP contribution is -2.50. The fraction of sp³-hybridized carbons (Fsp3) is 0.417. The predicted molar refractivity (Wildman–Crippen MR) is 117 cm³/mol. The molecule has 0 fully saturated rings. The summed E-state index contributed by atoms with van der Waals surface area (Å²) < 4.78 is 24.3. The van der Waals surface area contributed by atoms with Crippen molar-refractivity contribution >= 4 is 11.8 Å². The van der Waals surface area contributed by atoms with E-state index in [-0.39, 0.29) is 36.7 Å². The van der Waals surface area contributed by atoms with Crippen LogP contribution in [0.1, 0.15) is 32.8 Å². The zero-order valence-corrected chi connectivity index (χ0v) is 18.6. The second-order valence-electron chi connectivity index (χ2n) is 7.65. The first-order valence-corrected chi connectivity index (χ1v) is 10.4. The molecule has 31 heavy (non-hydrogen) atoms. The van der Waals surface area contributed by atoms with Crippen LogP contribution in [0, 0.1) is 11.7 Å². The highest BCUT2D eigenvalue weighted by atomic mass is 19.1. The molecule has 0 heterocycles. The molecule has 168 valence electrons. The maximum atomic E-state index is 13.3. The van der Waals surface area contributed by atoms with Gasteiger partial charge in [0.1, 0.15) is 11.9 Å². The highest BCUT2D eigenvalue weighted by Crippen LogP contribution is 2.26. The van der Waals surface area contributed by atoms with Crippen molar-refractivity contribution in [3.8, 4) is 11.5 Å². The molecule has 1 N–H and O–H groups in total. The Morgan fingerprint density at radius 1 is 1.06 bits per heavy atom. The number of para-hydroxylation sites is 2. The molecular formula is C24H31FN2O4. The Bertz CT molecular complexity index is 855. The number of carbonyl (C=O) groups excluding carboxylic acids is 2. The SMILES string of the molecule is CCC(C(=O)NCC(C)C)N(Cc1ccc(F)cc1)C(=O)COc1ccccc1OC. The fourth-order valence-electron chi connectivity index (χ4n) is 3.09. The molecule has 0 bridgehead atoms. The van der Waals surface area contributed by atoms with Gasteiger partial charge in [0.2, 0.25) is 5.91 Å². The van der Waals surface area contributed by atoms with E-state index in [1.54, 1.807) is 36.4 Å². The van der Waals surface area contributed by atoms with Crippen LogP contribution in [0.3, 0.4) is 0 Å². The average molecular weight is 431 g/mol. The zero-order chi connectivity index (χ0) is 22.8. The average Bonchev–Trinajstić information content (AvgIpc) is 2.77. The summed E-state index contributed by atoms with van der Waals surface area (Å²) >= 11 is 0. The van der Waals surface area contributed by atoms with Crippen molar-refractivity contribution < 1.29 is 23.5 Å². The smallest absolute Gasteiger partial charge is 0.261 e. The van der Waals surface area contributed by atoms with E-state index in [0.29, 0.717) is 24.5 Å². The molecule has 0 radical (unpaired) electrons. The van der Waals surface area contributed by atoms with Crippen LogP contribution in [0.15, 0.2) is 48.5 Å². The predicted octanol–water partition coefficient (Wildman–Crippen LogP) is 3.79. The summed E-state index contributed by atoms with van der Waals surface area (Å²) in [5.41, 5.74) is 0.724. The van der Waals surface area contributed by atoms with Crippen LogP contribution in [0.4, 0.5) is 4.39 Å². The van der Waals surface area contributed by atoms with Crippen LogP contribution in [-0.2, 0) is 16.1 Å². The van der Waals surface area contributed by atoms with Gasteiger partial charge in [-0.15, -0.1) is 0 Å². The Kier molecular flexibility index (Phi) is 9.31. The van der Waals surface area contributed by atoms with Gasteiger partial charge in [0.05, 0.1) is 7.11 Å². The third-order valence-corrected chi connectivity index (χ3v) is 4.76. The number of carbonyl (C=O) groups is 2. The molecule has 1 atom stereocenters. The molecular weight excluding hydrogens is 399 g/mol. The van der Waals surface area contributed by atoms with Crippen molar-refractivity contribution in [1.29, 1.82) is 0 Å². The van der Waals surface area contributed by atoms with Crippen molar-refractivity contribution in [3.63, 3.8) is 0 Å². The summed E-state index contributed by atoms with van der Waals surface area (Å²) in [7, 11) is 1.52. The van der Waals surface area contributed by atoms with E-state index in [1.165, 1.54) is 24.1 Å². The van der Waals surface area contributed by atoms with E-state index in [0.717, 1.165) is 5.56 Å². The van der Waals surface area contributed by atoms with E-state index >= 15 is 0 Å². The number of rotatable bonds is 11. The Morgan fingerprint density at radius 2 is 1.71 bits per heavy atom. The third kappa shape index (κ3) is 7.27. The largest absolute Gasteiger partial charge is 0.493 e. The van der Waals surface area contributed by atoms with Gasteiger partial charge >= 0.3 is 0 Å². The van der Waals surface area contributed by atoms with E-state index in [4.69, 9.17) is 9.47 Å². The molecule has 0 aromatic heterocycles. The lowest BCUT2D eigenvalue weighted by molar-refractivity contribution is -0.143. The zero-order valence-electron chi connectivity index (χ0n) is 18.6. The van der Waals surface area contributed by atoms with Crippen LogP contribution in [0.5, 0.6) is 11.5 Å². The van der Waals surface area contributed by atoms with Gasteiger partial charge in [-0.25, -0.2) is 4.39 Å². The van der Waals surface area contributed by atoms with E-state index < -0.39 is 6.04 Å². The number of hydrogen-bond donors (Lipinski definition) is 1. The number of ether oxygens (including phenoxy) is 2.